The van der Waals surface area contributed by atoms with E-state index in [0.29, 0.717) is 18.8 Å². The van der Waals surface area contributed by atoms with Gasteiger partial charge in [0.2, 0.25) is 5.60 Å². The van der Waals surface area contributed by atoms with Crippen LogP contribution in [0.2, 0.25) is 0 Å². The van der Waals surface area contributed by atoms with Crippen LogP contribution in [0.15, 0.2) is 54.6 Å². The van der Waals surface area contributed by atoms with Crippen molar-refractivity contribution in [1.82, 2.24) is 0 Å². The van der Waals surface area contributed by atoms with Gasteiger partial charge in [0.15, 0.2) is 0 Å². The zero-order valence-electron chi connectivity index (χ0n) is 14.7. The van der Waals surface area contributed by atoms with Gasteiger partial charge in [-0.2, -0.15) is 0 Å². The smallest absolute Gasteiger partial charge is 0.350 e. The number of benzene rings is 2. The molecule has 0 amide bonds. The molecule has 0 aliphatic rings. The first-order valence-corrected chi connectivity index (χ1v) is 8.56. The highest BCUT2D eigenvalue weighted by Crippen LogP contribution is 2.25. The van der Waals surface area contributed by atoms with Crippen molar-refractivity contribution < 1.29 is 14.3 Å². The highest BCUT2D eigenvalue weighted by Gasteiger charge is 2.36. The number of hydrogen-bond acceptors (Lipinski definition) is 3. The fourth-order valence-corrected chi connectivity index (χ4v) is 2.72. The molecular weight excluding hydrogens is 300 g/mol. The second-order valence-electron chi connectivity index (χ2n) is 6.11. The molecule has 2 rings (SSSR count). The Kier molecular flexibility index (Phi) is 6.42. The Morgan fingerprint density at radius 3 is 2.17 bits per heavy atom. The van der Waals surface area contributed by atoms with Crippen LogP contribution < -0.4 is 4.74 Å². The third-order valence-corrected chi connectivity index (χ3v) is 3.95. The summed E-state index contributed by atoms with van der Waals surface area (Å²) in [5.74, 6) is 0.385. The average Bonchev–Trinajstić information content (AvgIpc) is 2.58. The average molecular weight is 326 g/mol. The number of carbonyl (C=O) groups excluding carboxylic acids is 1. The topological polar surface area (TPSA) is 35.5 Å². The van der Waals surface area contributed by atoms with Gasteiger partial charge in [-0.1, -0.05) is 55.8 Å². The molecule has 128 valence electrons. The SMILES string of the molecule is CCCC(C)(Oc1ccc(Cc2ccccc2)cc1)C(=O)OCC. The van der Waals surface area contributed by atoms with Crippen LogP contribution in [0.4, 0.5) is 0 Å². The summed E-state index contributed by atoms with van der Waals surface area (Å²) < 4.78 is 11.2. The summed E-state index contributed by atoms with van der Waals surface area (Å²) in [7, 11) is 0. The minimum Gasteiger partial charge on any atom is -0.476 e. The second-order valence-corrected chi connectivity index (χ2v) is 6.11. The maximum atomic E-state index is 12.2. The van der Waals surface area contributed by atoms with E-state index < -0.39 is 5.60 Å². The lowest BCUT2D eigenvalue weighted by Gasteiger charge is -2.28. The molecule has 0 spiro atoms. The van der Waals surface area contributed by atoms with Crippen molar-refractivity contribution in [3.05, 3.63) is 65.7 Å². The predicted molar refractivity (Wildman–Crippen MR) is 96.3 cm³/mol. The van der Waals surface area contributed by atoms with E-state index in [0.717, 1.165) is 12.8 Å². The van der Waals surface area contributed by atoms with Crippen molar-refractivity contribution >= 4 is 5.97 Å². The van der Waals surface area contributed by atoms with Gasteiger partial charge < -0.3 is 9.47 Å². The fraction of sp³-hybridized carbons (Fsp3) is 0.381. The van der Waals surface area contributed by atoms with Gasteiger partial charge in [0, 0.05) is 0 Å². The molecular formula is C21H26O3. The Morgan fingerprint density at radius 2 is 1.58 bits per heavy atom. The van der Waals surface area contributed by atoms with Crippen molar-refractivity contribution in [1.29, 1.82) is 0 Å². The summed E-state index contributed by atoms with van der Waals surface area (Å²) in [5.41, 5.74) is 1.54. The summed E-state index contributed by atoms with van der Waals surface area (Å²) in [6, 6.07) is 18.3. The molecule has 0 aliphatic heterocycles. The second kappa shape index (κ2) is 8.53. The lowest BCUT2D eigenvalue weighted by molar-refractivity contribution is -0.160. The van der Waals surface area contributed by atoms with E-state index in [2.05, 4.69) is 12.1 Å². The molecule has 0 saturated carbocycles. The van der Waals surface area contributed by atoms with Crippen molar-refractivity contribution in [3.8, 4) is 5.75 Å². The Labute approximate surface area is 144 Å². The summed E-state index contributed by atoms with van der Waals surface area (Å²) in [4.78, 5) is 12.2. The van der Waals surface area contributed by atoms with Crippen molar-refractivity contribution in [2.24, 2.45) is 0 Å². The van der Waals surface area contributed by atoms with E-state index in [1.165, 1.54) is 11.1 Å². The van der Waals surface area contributed by atoms with E-state index in [1.54, 1.807) is 6.92 Å². The van der Waals surface area contributed by atoms with Crippen LogP contribution in [0.3, 0.4) is 0 Å². The Morgan fingerprint density at radius 1 is 0.958 bits per heavy atom. The van der Waals surface area contributed by atoms with E-state index in [1.807, 2.05) is 56.3 Å². The van der Waals surface area contributed by atoms with Crippen molar-refractivity contribution in [3.63, 3.8) is 0 Å². The lowest BCUT2D eigenvalue weighted by atomic mass is 10.00. The number of rotatable bonds is 8. The van der Waals surface area contributed by atoms with Gasteiger partial charge in [0.25, 0.3) is 0 Å². The van der Waals surface area contributed by atoms with Gasteiger partial charge in [0.05, 0.1) is 6.61 Å². The number of hydrogen-bond donors (Lipinski definition) is 0. The van der Waals surface area contributed by atoms with Crippen LogP contribution >= 0.6 is 0 Å². The summed E-state index contributed by atoms with van der Waals surface area (Å²) in [5, 5.41) is 0. The molecule has 0 fully saturated rings. The summed E-state index contributed by atoms with van der Waals surface area (Å²) in [6.07, 6.45) is 2.35. The molecule has 0 aromatic heterocycles. The van der Waals surface area contributed by atoms with Crippen molar-refractivity contribution in [2.45, 2.75) is 45.6 Å². The van der Waals surface area contributed by atoms with Gasteiger partial charge in [-0.3, -0.25) is 0 Å². The van der Waals surface area contributed by atoms with Gasteiger partial charge in [-0.25, -0.2) is 4.79 Å². The molecule has 1 unspecified atom stereocenters. The standard InChI is InChI=1S/C21H26O3/c1-4-15-21(3,20(22)23-5-2)24-19-13-11-18(12-14-19)16-17-9-7-6-8-10-17/h6-14H,4-5,15-16H2,1-3H3. The quantitative estimate of drug-likeness (QED) is 0.655. The number of carbonyl (C=O) groups is 1. The van der Waals surface area contributed by atoms with Gasteiger partial charge in [-0.15, -0.1) is 0 Å². The van der Waals surface area contributed by atoms with Crippen LogP contribution in [-0.2, 0) is 16.0 Å². The molecule has 3 heteroatoms. The lowest BCUT2D eigenvalue weighted by Crippen LogP contribution is -2.42. The van der Waals surface area contributed by atoms with Crippen LogP contribution in [0.5, 0.6) is 5.75 Å². The van der Waals surface area contributed by atoms with E-state index in [9.17, 15) is 4.79 Å². The van der Waals surface area contributed by atoms with Crippen LogP contribution in [0.25, 0.3) is 0 Å². The van der Waals surface area contributed by atoms with Gasteiger partial charge >= 0.3 is 5.97 Å². The number of ether oxygens (including phenoxy) is 2. The summed E-state index contributed by atoms with van der Waals surface area (Å²) in [6.45, 7) is 6.00. The normalized spacial score (nSPS) is 13.1. The monoisotopic (exact) mass is 326 g/mol. The Hall–Kier alpha value is -2.29. The first-order chi connectivity index (χ1) is 11.6. The molecule has 1 atom stereocenters. The first-order valence-electron chi connectivity index (χ1n) is 8.56. The first kappa shape index (κ1) is 18.1. The molecule has 2 aromatic rings. The third kappa shape index (κ3) is 4.85. The van der Waals surface area contributed by atoms with Gasteiger partial charge in [0.1, 0.15) is 5.75 Å². The third-order valence-electron chi connectivity index (χ3n) is 3.95. The van der Waals surface area contributed by atoms with Gasteiger partial charge in [-0.05, 0) is 49.9 Å². The molecule has 3 nitrogen and oxygen atoms in total. The molecule has 2 aromatic carbocycles. The molecule has 0 heterocycles. The van der Waals surface area contributed by atoms with E-state index in [-0.39, 0.29) is 5.97 Å². The molecule has 0 saturated heterocycles. The fourth-order valence-electron chi connectivity index (χ4n) is 2.72. The Balaban J connectivity index is 2.07. The maximum Gasteiger partial charge on any atom is 0.350 e. The molecule has 24 heavy (non-hydrogen) atoms. The zero-order valence-corrected chi connectivity index (χ0v) is 14.7. The maximum absolute atomic E-state index is 12.2. The zero-order chi connectivity index (χ0) is 17.4. The largest absolute Gasteiger partial charge is 0.476 e. The minimum absolute atomic E-state index is 0.305. The van der Waals surface area contributed by atoms with Crippen LogP contribution in [0, 0.1) is 0 Å². The number of esters is 1. The van der Waals surface area contributed by atoms with Crippen LogP contribution in [0.1, 0.15) is 44.7 Å². The van der Waals surface area contributed by atoms with E-state index >= 15 is 0 Å². The molecule has 0 bridgehead atoms. The molecule has 0 radical (unpaired) electrons. The minimum atomic E-state index is -0.939. The van der Waals surface area contributed by atoms with E-state index in [4.69, 9.17) is 9.47 Å². The predicted octanol–water partition coefficient (Wildman–Crippen LogP) is 4.78. The van der Waals surface area contributed by atoms with Crippen LogP contribution in [-0.4, -0.2) is 18.2 Å². The summed E-state index contributed by atoms with van der Waals surface area (Å²) >= 11 is 0. The Bertz CT molecular complexity index is 634. The molecule has 0 N–H and O–H groups in total. The highest BCUT2D eigenvalue weighted by atomic mass is 16.6. The van der Waals surface area contributed by atoms with Crippen molar-refractivity contribution in [2.75, 3.05) is 6.61 Å². The molecule has 0 aliphatic carbocycles. The highest BCUT2D eigenvalue weighted by molar-refractivity contribution is 5.79.